The van der Waals surface area contributed by atoms with Gasteiger partial charge in [0.1, 0.15) is 16.8 Å². The summed E-state index contributed by atoms with van der Waals surface area (Å²) in [6.07, 6.45) is 2.26. The van der Waals surface area contributed by atoms with Crippen LogP contribution in [0.2, 0.25) is 0 Å². The van der Waals surface area contributed by atoms with Crippen molar-refractivity contribution >= 4 is 22.6 Å². The predicted molar refractivity (Wildman–Crippen MR) is 137 cm³/mol. The Morgan fingerprint density at radius 3 is 2.65 bits per heavy atom. The standard InChI is InChI=1S/C28H23N5O4/c29-25-20(27(34)30-16-19-9-10-22-23(14-19)37-17-36-22)15-21-26(31-24-8-4-5-12-32(24)28(21)35)33(25)13-11-18-6-2-1-3-7-18/h1-10,12,14-15,29H,11,13,16-17H2,(H,30,34). The van der Waals surface area contributed by atoms with E-state index < -0.39 is 5.91 Å². The number of amides is 1. The second-order valence-corrected chi connectivity index (χ2v) is 8.75. The van der Waals surface area contributed by atoms with Crippen LogP contribution in [-0.4, -0.2) is 26.7 Å². The van der Waals surface area contributed by atoms with Crippen molar-refractivity contribution in [1.29, 1.82) is 5.41 Å². The Balaban J connectivity index is 1.40. The number of hydrogen-bond acceptors (Lipinski definition) is 6. The quantitative estimate of drug-likeness (QED) is 0.353. The van der Waals surface area contributed by atoms with Gasteiger partial charge in [0, 0.05) is 19.3 Å². The van der Waals surface area contributed by atoms with E-state index in [0.29, 0.717) is 35.8 Å². The number of carbonyl (C=O) groups is 1. The number of ether oxygens (including phenoxy) is 2. The van der Waals surface area contributed by atoms with Gasteiger partial charge in [-0.25, -0.2) is 4.98 Å². The first kappa shape index (κ1) is 22.5. The molecule has 0 saturated carbocycles. The molecule has 0 aliphatic carbocycles. The van der Waals surface area contributed by atoms with Gasteiger partial charge in [0.05, 0.1) is 10.9 Å². The molecular weight excluding hydrogens is 470 g/mol. The van der Waals surface area contributed by atoms with Crippen LogP contribution >= 0.6 is 0 Å². The van der Waals surface area contributed by atoms with Crippen molar-refractivity contribution in [2.75, 3.05) is 6.79 Å². The summed E-state index contributed by atoms with van der Waals surface area (Å²) in [5.74, 6) is 0.844. The number of rotatable bonds is 6. The van der Waals surface area contributed by atoms with Crippen LogP contribution in [0.1, 0.15) is 21.5 Å². The zero-order valence-corrected chi connectivity index (χ0v) is 19.8. The second-order valence-electron chi connectivity index (χ2n) is 8.75. The number of nitrogens with one attached hydrogen (secondary N) is 2. The Labute approximate surface area is 211 Å². The SMILES string of the molecule is N=c1c(C(=O)NCc2ccc3c(c2)OCO3)cc2c(=O)n3ccccc3nc2n1CCc1ccccc1. The van der Waals surface area contributed by atoms with Crippen molar-refractivity contribution in [3.8, 4) is 11.5 Å². The molecule has 4 heterocycles. The highest BCUT2D eigenvalue weighted by atomic mass is 16.7. The van der Waals surface area contributed by atoms with E-state index in [-0.39, 0.29) is 35.3 Å². The van der Waals surface area contributed by atoms with Crippen LogP contribution in [0, 0.1) is 5.41 Å². The van der Waals surface area contributed by atoms with Gasteiger partial charge in [-0.3, -0.25) is 19.4 Å². The van der Waals surface area contributed by atoms with Crippen LogP contribution in [0.3, 0.4) is 0 Å². The van der Waals surface area contributed by atoms with Crippen molar-refractivity contribution in [2.24, 2.45) is 0 Å². The minimum Gasteiger partial charge on any atom is -0.454 e. The van der Waals surface area contributed by atoms with Crippen LogP contribution in [0.25, 0.3) is 16.7 Å². The van der Waals surface area contributed by atoms with Gasteiger partial charge in [0.25, 0.3) is 11.5 Å². The van der Waals surface area contributed by atoms with Crippen LogP contribution in [0.15, 0.2) is 83.8 Å². The smallest absolute Gasteiger partial charge is 0.267 e. The lowest BCUT2D eigenvalue weighted by molar-refractivity contribution is 0.0948. The van der Waals surface area contributed by atoms with E-state index in [9.17, 15) is 9.59 Å². The largest absolute Gasteiger partial charge is 0.454 e. The van der Waals surface area contributed by atoms with Gasteiger partial charge in [0.2, 0.25) is 6.79 Å². The van der Waals surface area contributed by atoms with Crippen molar-refractivity contribution < 1.29 is 14.3 Å². The summed E-state index contributed by atoms with van der Waals surface area (Å²) in [5, 5.41) is 12.1. The molecule has 0 spiro atoms. The molecular formula is C28H23N5O4. The third-order valence-corrected chi connectivity index (χ3v) is 6.42. The fourth-order valence-electron chi connectivity index (χ4n) is 4.49. The molecule has 9 nitrogen and oxygen atoms in total. The number of aryl methyl sites for hydroxylation is 2. The summed E-state index contributed by atoms with van der Waals surface area (Å²) in [6, 6.07) is 22.1. The zero-order valence-electron chi connectivity index (χ0n) is 19.8. The molecule has 2 aromatic carbocycles. The molecule has 0 fully saturated rings. The number of hydrogen-bond donors (Lipinski definition) is 2. The average molecular weight is 494 g/mol. The lowest BCUT2D eigenvalue weighted by atomic mass is 10.1. The molecule has 0 saturated heterocycles. The number of pyridine rings is 2. The van der Waals surface area contributed by atoms with Gasteiger partial charge < -0.3 is 19.4 Å². The molecule has 0 atom stereocenters. The Hall–Kier alpha value is -4.92. The molecule has 184 valence electrons. The van der Waals surface area contributed by atoms with E-state index >= 15 is 0 Å². The first-order valence-corrected chi connectivity index (χ1v) is 11.9. The van der Waals surface area contributed by atoms with Crippen molar-refractivity contribution in [1.82, 2.24) is 19.3 Å². The maximum Gasteiger partial charge on any atom is 0.267 e. The molecule has 0 bridgehead atoms. The van der Waals surface area contributed by atoms with Crippen molar-refractivity contribution in [3.63, 3.8) is 0 Å². The van der Waals surface area contributed by atoms with Gasteiger partial charge in [-0.2, -0.15) is 0 Å². The summed E-state index contributed by atoms with van der Waals surface area (Å²) in [5.41, 5.74) is 2.58. The van der Waals surface area contributed by atoms with E-state index in [2.05, 4.69) is 10.3 Å². The Morgan fingerprint density at radius 2 is 1.78 bits per heavy atom. The number of aromatic nitrogens is 3. The molecule has 2 N–H and O–H groups in total. The fourth-order valence-corrected chi connectivity index (χ4v) is 4.49. The van der Waals surface area contributed by atoms with Gasteiger partial charge in [-0.05, 0) is 47.9 Å². The van der Waals surface area contributed by atoms with Gasteiger partial charge in [-0.15, -0.1) is 0 Å². The van der Waals surface area contributed by atoms with Crippen LogP contribution in [0.4, 0.5) is 0 Å². The molecule has 3 aromatic heterocycles. The summed E-state index contributed by atoms with van der Waals surface area (Å²) in [7, 11) is 0. The fraction of sp³-hybridized carbons (Fsp3) is 0.143. The minimum atomic E-state index is -0.449. The first-order chi connectivity index (χ1) is 18.1. The van der Waals surface area contributed by atoms with E-state index in [1.54, 1.807) is 29.0 Å². The lowest BCUT2D eigenvalue weighted by Gasteiger charge is -2.15. The number of fused-ring (bicyclic) bond motifs is 3. The van der Waals surface area contributed by atoms with Crippen molar-refractivity contribution in [3.05, 3.63) is 112 Å². The highest BCUT2D eigenvalue weighted by molar-refractivity contribution is 5.96. The third-order valence-electron chi connectivity index (χ3n) is 6.42. The van der Waals surface area contributed by atoms with Crippen LogP contribution < -0.4 is 25.8 Å². The van der Waals surface area contributed by atoms with Gasteiger partial charge in [0.15, 0.2) is 11.5 Å². The third kappa shape index (κ3) is 4.20. The second kappa shape index (κ2) is 9.27. The Morgan fingerprint density at radius 1 is 0.973 bits per heavy atom. The molecule has 1 amide bonds. The van der Waals surface area contributed by atoms with E-state index in [0.717, 1.165) is 11.1 Å². The normalized spacial score (nSPS) is 12.2. The number of carbonyl (C=O) groups excluding carboxylic acids is 1. The Bertz CT molecular complexity index is 1780. The van der Waals surface area contributed by atoms with E-state index in [4.69, 9.17) is 14.9 Å². The highest BCUT2D eigenvalue weighted by Crippen LogP contribution is 2.32. The molecule has 6 rings (SSSR count). The molecule has 0 radical (unpaired) electrons. The Kier molecular flexibility index (Phi) is 5.65. The molecule has 9 heteroatoms. The minimum absolute atomic E-state index is 0.00111. The molecule has 1 aliphatic rings. The maximum absolute atomic E-state index is 13.4. The molecule has 5 aromatic rings. The molecule has 1 aliphatic heterocycles. The van der Waals surface area contributed by atoms with Crippen molar-refractivity contribution in [2.45, 2.75) is 19.5 Å². The van der Waals surface area contributed by atoms with Gasteiger partial charge >= 0.3 is 0 Å². The monoisotopic (exact) mass is 493 g/mol. The maximum atomic E-state index is 13.4. The summed E-state index contributed by atoms with van der Waals surface area (Å²) >= 11 is 0. The van der Waals surface area contributed by atoms with E-state index in [1.807, 2.05) is 48.5 Å². The van der Waals surface area contributed by atoms with Gasteiger partial charge in [-0.1, -0.05) is 42.5 Å². The highest BCUT2D eigenvalue weighted by Gasteiger charge is 2.18. The lowest BCUT2D eigenvalue weighted by Crippen LogP contribution is -2.35. The predicted octanol–water partition coefficient (Wildman–Crippen LogP) is 3.03. The molecule has 0 unspecified atom stereocenters. The summed E-state index contributed by atoms with van der Waals surface area (Å²) in [4.78, 5) is 31.4. The first-order valence-electron chi connectivity index (χ1n) is 11.9. The van der Waals surface area contributed by atoms with E-state index in [1.165, 1.54) is 10.5 Å². The summed E-state index contributed by atoms with van der Waals surface area (Å²) < 4.78 is 13.8. The van der Waals surface area contributed by atoms with Crippen LogP contribution in [-0.2, 0) is 19.5 Å². The number of benzene rings is 2. The van der Waals surface area contributed by atoms with Crippen LogP contribution in [0.5, 0.6) is 11.5 Å². The summed E-state index contributed by atoms with van der Waals surface area (Å²) in [6.45, 7) is 0.787. The zero-order chi connectivity index (χ0) is 25.4. The number of nitrogens with zero attached hydrogens (tertiary/aromatic N) is 3. The topological polar surface area (TPSA) is 111 Å². The average Bonchev–Trinajstić information content (AvgIpc) is 3.40. The molecule has 37 heavy (non-hydrogen) atoms.